The van der Waals surface area contributed by atoms with E-state index in [0.717, 1.165) is 16.7 Å². The molecular weight excluding hydrogens is 312 g/mol. The predicted molar refractivity (Wildman–Crippen MR) is 97.6 cm³/mol. The summed E-state index contributed by atoms with van der Waals surface area (Å²) in [7, 11) is 0. The number of allylic oxidation sites excluding steroid dienone is 1. The average molecular weight is 328 g/mol. The zero-order valence-corrected chi connectivity index (χ0v) is 13.5. The Hall–Kier alpha value is -3.65. The lowest BCUT2D eigenvalue weighted by Crippen LogP contribution is -2.00. The van der Waals surface area contributed by atoms with E-state index in [4.69, 9.17) is 5.73 Å². The first-order chi connectivity index (χ1) is 12.1. The number of hydrogen-bond acceptors (Lipinski definition) is 5. The van der Waals surface area contributed by atoms with Crippen LogP contribution in [0.15, 0.2) is 61.4 Å². The summed E-state index contributed by atoms with van der Waals surface area (Å²) in [6.07, 6.45) is 5.61. The molecule has 0 radical (unpaired) electrons. The van der Waals surface area contributed by atoms with Gasteiger partial charge in [-0.05, 0) is 47.9 Å². The number of nitrogens with two attached hydrogens (primary N) is 1. The van der Waals surface area contributed by atoms with E-state index < -0.39 is 0 Å². The van der Waals surface area contributed by atoms with Gasteiger partial charge in [-0.15, -0.1) is 6.58 Å². The lowest BCUT2D eigenvalue weighted by molar-refractivity contribution is 0.470. The van der Waals surface area contributed by atoms with Crippen LogP contribution in [0.3, 0.4) is 0 Å². The number of rotatable bonds is 4. The van der Waals surface area contributed by atoms with Gasteiger partial charge in [-0.25, -0.2) is 4.98 Å². The SMILES string of the molecule is C=CCc1cc(-c2cc(-c3cccnc3)nc(N)c2C#N)ccc1O. The Kier molecular flexibility index (Phi) is 4.44. The summed E-state index contributed by atoms with van der Waals surface area (Å²) in [6, 6.07) is 12.8. The van der Waals surface area contributed by atoms with Gasteiger partial charge in [0.05, 0.1) is 5.69 Å². The summed E-state index contributed by atoms with van der Waals surface area (Å²) in [5.74, 6) is 0.355. The third kappa shape index (κ3) is 3.19. The topological polar surface area (TPSA) is 95.8 Å². The molecule has 122 valence electrons. The quantitative estimate of drug-likeness (QED) is 0.712. The Morgan fingerprint density at radius 1 is 1.24 bits per heavy atom. The van der Waals surface area contributed by atoms with E-state index in [1.807, 2.05) is 24.3 Å². The molecule has 1 aromatic carbocycles. The Bertz CT molecular complexity index is 975. The summed E-state index contributed by atoms with van der Waals surface area (Å²) < 4.78 is 0. The molecule has 0 bridgehead atoms. The number of aromatic nitrogens is 2. The minimum Gasteiger partial charge on any atom is -0.508 e. The maximum Gasteiger partial charge on any atom is 0.142 e. The van der Waals surface area contributed by atoms with Crippen LogP contribution in [0.5, 0.6) is 5.75 Å². The number of pyridine rings is 2. The maximum atomic E-state index is 9.97. The Morgan fingerprint density at radius 2 is 2.08 bits per heavy atom. The lowest BCUT2D eigenvalue weighted by atomic mass is 9.96. The van der Waals surface area contributed by atoms with Gasteiger partial charge in [-0.3, -0.25) is 4.98 Å². The molecule has 25 heavy (non-hydrogen) atoms. The van der Waals surface area contributed by atoms with Crippen molar-refractivity contribution >= 4 is 5.82 Å². The second-order valence-corrected chi connectivity index (χ2v) is 5.51. The first-order valence-electron chi connectivity index (χ1n) is 7.68. The van der Waals surface area contributed by atoms with Gasteiger partial charge < -0.3 is 10.8 Å². The smallest absolute Gasteiger partial charge is 0.142 e. The number of benzene rings is 1. The van der Waals surface area contributed by atoms with Crippen LogP contribution in [0.25, 0.3) is 22.4 Å². The number of hydrogen-bond donors (Lipinski definition) is 2. The van der Waals surface area contributed by atoms with Crippen molar-refractivity contribution in [3.63, 3.8) is 0 Å². The molecule has 0 spiro atoms. The number of nitrogens with zero attached hydrogens (tertiary/aromatic N) is 3. The van der Waals surface area contributed by atoms with Crippen LogP contribution in [0, 0.1) is 11.3 Å². The molecule has 0 amide bonds. The van der Waals surface area contributed by atoms with Gasteiger partial charge >= 0.3 is 0 Å². The fraction of sp³-hybridized carbons (Fsp3) is 0.0500. The first kappa shape index (κ1) is 16.2. The van der Waals surface area contributed by atoms with Gasteiger partial charge in [-0.1, -0.05) is 12.1 Å². The van der Waals surface area contributed by atoms with Crippen LogP contribution in [-0.2, 0) is 6.42 Å². The van der Waals surface area contributed by atoms with Crippen molar-refractivity contribution < 1.29 is 5.11 Å². The lowest BCUT2D eigenvalue weighted by Gasteiger charge is -2.12. The second kappa shape index (κ2) is 6.85. The van der Waals surface area contributed by atoms with Crippen LogP contribution in [0.2, 0.25) is 0 Å². The normalized spacial score (nSPS) is 10.2. The van der Waals surface area contributed by atoms with Gasteiger partial charge in [0.1, 0.15) is 23.2 Å². The Labute approximate surface area is 145 Å². The third-order valence-corrected chi connectivity index (χ3v) is 3.87. The van der Waals surface area contributed by atoms with Crippen LogP contribution < -0.4 is 5.73 Å². The molecule has 0 aliphatic carbocycles. The molecule has 0 saturated carbocycles. The first-order valence-corrected chi connectivity index (χ1v) is 7.68. The molecule has 0 aliphatic heterocycles. The zero-order chi connectivity index (χ0) is 17.8. The van der Waals surface area contributed by atoms with Gasteiger partial charge in [0, 0.05) is 23.5 Å². The van der Waals surface area contributed by atoms with Gasteiger partial charge in [0.15, 0.2) is 0 Å². The van der Waals surface area contributed by atoms with E-state index in [2.05, 4.69) is 22.6 Å². The van der Waals surface area contributed by atoms with E-state index in [0.29, 0.717) is 23.2 Å². The van der Waals surface area contributed by atoms with E-state index in [9.17, 15) is 10.4 Å². The van der Waals surface area contributed by atoms with Crippen molar-refractivity contribution in [3.05, 3.63) is 72.6 Å². The molecule has 3 aromatic rings. The van der Waals surface area contributed by atoms with Crippen molar-refractivity contribution in [2.75, 3.05) is 5.73 Å². The second-order valence-electron chi connectivity index (χ2n) is 5.51. The monoisotopic (exact) mass is 328 g/mol. The molecule has 2 heterocycles. The molecule has 2 aromatic heterocycles. The van der Waals surface area contributed by atoms with Gasteiger partial charge in [0.25, 0.3) is 0 Å². The Morgan fingerprint density at radius 3 is 2.76 bits per heavy atom. The summed E-state index contributed by atoms with van der Waals surface area (Å²) in [6.45, 7) is 3.70. The third-order valence-electron chi connectivity index (χ3n) is 3.87. The van der Waals surface area contributed by atoms with Crippen LogP contribution in [-0.4, -0.2) is 15.1 Å². The van der Waals surface area contributed by atoms with Gasteiger partial charge in [-0.2, -0.15) is 5.26 Å². The fourth-order valence-electron chi connectivity index (χ4n) is 2.64. The standard InChI is InChI=1S/C20H16N4O/c1-2-4-14-9-13(6-7-19(14)25)16-10-18(15-5-3-8-23-12-15)24-20(22)17(16)11-21/h2-3,5-10,12,25H,1,4H2,(H2,22,24). The summed E-state index contributed by atoms with van der Waals surface area (Å²) in [5.41, 5.74) is 9.95. The molecule has 5 heteroatoms. The number of phenolic OH excluding ortho intramolecular Hbond substituents is 1. The molecule has 0 aliphatic rings. The molecule has 3 N–H and O–H groups in total. The van der Waals surface area contributed by atoms with Gasteiger partial charge in [0.2, 0.25) is 0 Å². The minimum absolute atomic E-state index is 0.164. The van der Waals surface area contributed by atoms with E-state index in [-0.39, 0.29) is 11.6 Å². The molecule has 5 nitrogen and oxygen atoms in total. The number of nitrogen functional groups attached to an aromatic ring is 1. The highest BCUT2D eigenvalue weighted by Gasteiger charge is 2.14. The fourth-order valence-corrected chi connectivity index (χ4v) is 2.64. The number of nitriles is 1. The van der Waals surface area contributed by atoms with E-state index in [1.54, 1.807) is 30.6 Å². The highest BCUT2D eigenvalue weighted by atomic mass is 16.3. The summed E-state index contributed by atoms with van der Waals surface area (Å²) >= 11 is 0. The predicted octanol–water partition coefficient (Wildman–Crippen LogP) is 3.70. The molecule has 0 saturated heterocycles. The summed E-state index contributed by atoms with van der Waals surface area (Å²) in [4.78, 5) is 8.42. The number of anilines is 1. The van der Waals surface area contributed by atoms with E-state index in [1.165, 1.54) is 0 Å². The van der Waals surface area contributed by atoms with Crippen LogP contribution >= 0.6 is 0 Å². The maximum absolute atomic E-state index is 9.97. The molecule has 3 rings (SSSR count). The van der Waals surface area contributed by atoms with E-state index >= 15 is 0 Å². The zero-order valence-electron chi connectivity index (χ0n) is 13.5. The van der Waals surface area contributed by atoms with Crippen molar-refractivity contribution in [2.24, 2.45) is 0 Å². The van der Waals surface area contributed by atoms with Crippen molar-refractivity contribution in [1.29, 1.82) is 5.26 Å². The molecule has 0 fully saturated rings. The summed E-state index contributed by atoms with van der Waals surface area (Å²) in [5, 5.41) is 19.5. The molecular formula is C20H16N4O. The highest BCUT2D eigenvalue weighted by Crippen LogP contribution is 2.33. The highest BCUT2D eigenvalue weighted by molar-refractivity contribution is 5.80. The van der Waals surface area contributed by atoms with Crippen molar-refractivity contribution in [1.82, 2.24) is 9.97 Å². The largest absolute Gasteiger partial charge is 0.508 e. The van der Waals surface area contributed by atoms with Crippen molar-refractivity contribution in [2.45, 2.75) is 6.42 Å². The van der Waals surface area contributed by atoms with Crippen molar-refractivity contribution in [3.8, 4) is 34.2 Å². The van der Waals surface area contributed by atoms with Crippen LogP contribution in [0.4, 0.5) is 5.82 Å². The number of aromatic hydroxyl groups is 1. The Balaban J connectivity index is 2.21. The molecule has 0 atom stereocenters. The number of phenols is 1. The minimum atomic E-state index is 0.164. The average Bonchev–Trinajstić information content (AvgIpc) is 2.64. The van der Waals surface area contributed by atoms with Crippen LogP contribution in [0.1, 0.15) is 11.1 Å². The molecule has 0 unspecified atom stereocenters.